The van der Waals surface area contributed by atoms with Crippen LogP contribution in [0, 0.1) is 5.92 Å². The first-order chi connectivity index (χ1) is 9.11. The molecule has 3 N–H and O–H groups in total. The number of piperidine rings is 1. The Hall–Kier alpha value is -1.14. The second kappa shape index (κ2) is 8.87. The molecule has 6 nitrogen and oxygen atoms in total. The maximum Gasteiger partial charge on any atom is 0.303 e. The molecule has 1 aliphatic rings. The van der Waals surface area contributed by atoms with E-state index in [2.05, 4.69) is 15.5 Å². The smallest absolute Gasteiger partial charge is 0.303 e. The molecule has 0 unspecified atom stereocenters. The van der Waals surface area contributed by atoms with E-state index in [0.29, 0.717) is 19.5 Å². The minimum Gasteiger partial charge on any atom is -0.481 e. The third kappa shape index (κ3) is 7.12. The maximum absolute atomic E-state index is 11.7. The molecule has 6 heteroatoms. The lowest BCUT2D eigenvalue weighted by atomic mass is 9.97. The number of amides is 1. The molecule has 1 heterocycles. The fourth-order valence-electron chi connectivity index (χ4n) is 2.36. The Kier molecular flexibility index (Phi) is 7.43. The lowest BCUT2D eigenvalue weighted by molar-refractivity contribution is -0.137. The molecule has 0 atom stereocenters. The topological polar surface area (TPSA) is 81.7 Å². The Morgan fingerprint density at radius 1 is 1.32 bits per heavy atom. The van der Waals surface area contributed by atoms with E-state index >= 15 is 0 Å². The molecule has 0 aliphatic carbocycles. The number of carbonyl (C=O) groups excluding carboxylic acids is 1. The fourth-order valence-corrected chi connectivity index (χ4v) is 2.36. The third-order valence-corrected chi connectivity index (χ3v) is 3.46. The average Bonchev–Trinajstić information content (AvgIpc) is 2.37. The number of carboxylic acids is 1. The highest BCUT2D eigenvalue weighted by atomic mass is 16.4. The highest BCUT2D eigenvalue weighted by Gasteiger charge is 2.19. The lowest BCUT2D eigenvalue weighted by Crippen LogP contribution is -2.42. The number of nitrogens with one attached hydrogen (secondary N) is 2. The van der Waals surface area contributed by atoms with Gasteiger partial charge in [0.15, 0.2) is 0 Å². The summed E-state index contributed by atoms with van der Waals surface area (Å²) in [5.74, 6) is -0.0989. The summed E-state index contributed by atoms with van der Waals surface area (Å²) in [4.78, 5) is 24.1. The molecule has 1 fully saturated rings. The van der Waals surface area contributed by atoms with E-state index in [0.717, 1.165) is 38.4 Å². The Morgan fingerprint density at radius 2 is 2.00 bits per heavy atom. The van der Waals surface area contributed by atoms with Gasteiger partial charge in [-0.2, -0.15) is 0 Å². The van der Waals surface area contributed by atoms with E-state index in [9.17, 15) is 9.59 Å². The summed E-state index contributed by atoms with van der Waals surface area (Å²) in [6.45, 7) is 3.86. The average molecular weight is 271 g/mol. The van der Waals surface area contributed by atoms with Crippen molar-refractivity contribution in [3.8, 4) is 0 Å². The molecule has 110 valence electrons. The standard InChI is InChI=1S/C13H25N3O3/c1-14-9-11-4-7-16(8-5-11)10-12(17)15-6-2-3-13(18)19/h11,14H,2-10H2,1H3,(H,15,17)(H,18,19). The Bertz CT molecular complexity index is 289. The van der Waals surface area contributed by atoms with Crippen LogP contribution in [-0.2, 0) is 9.59 Å². The van der Waals surface area contributed by atoms with Gasteiger partial charge in [0, 0.05) is 13.0 Å². The van der Waals surface area contributed by atoms with Crippen LogP contribution >= 0.6 is 0 Å². The van der Waals surface area contributed by atoms with Crippen LogP contribution in [0.5, 0.6) is 0 Å². The predicted molar refractivity (Wildman–Crippen MR) is 73.0 cm³/mol. The van der Waals surface area contributed by atoms with Gasteiger partial charge in [-0.1, -0.05) is 0 Å². The highest BCUT2D eigenvalue weighted by molar-refractivity contribution is 5.78. The van der Waals surface area contributed by atoms with Gasteiger partial charge in [0.25, 0.3) is 0 Å². The number of hydrogen-bond acceptors (Lipinski definition) is 4. The monoisotopic (exact) mass is 271 g/mol. The molecule has 1 amide bonds. The number of likely N-dealkylation sites (tertiary alicyclic amines) is 1. The van der Waals surface area contributed by atoms with Crippen molar-refractivity contribution in [3.05, 3.63) is 0 Å². The van der Waals surface area contributed by atoms with Crippen molar-refractivity contribution in [2.24, 2.45) is 5.92 Å². The van der Waals surface area contributed by atoms with E-state index in [1.807, 2.05) is 7.05 Å². The first kappa shape index (κ1) is 15.9. The number of carboxylic acid groups (broad SMARTS) is 1. The SMILES string of the molecule is CNCC1CCN(CC(=O)NCCCC(=O)O)CC1. The summed E-state index contributed by atoms with van der Waals surface area (Å²) in [6, 6.07) is 0. The lowest BCUT2D eigenvalue weighted by Gasteiger charge is -2.31. The second-order valence-electron chi connectivity index (χ2n) is 5.12. The zero-order valence-corrected chi connectivity index (χ0v) is 11.7. The Labute approximate surface area is 114 Å². The maximum atomic E-state index is 11.7. The quantitative estimate of drug-likeness (QED) is 0.537. The Morgan fingerprint density at radius 3 is 2.58 bits per heavy atom. The molecule has 0 spiro atoms. The van der Waals surface area contributed by atoms with Crippen LogP contribution in [-0.4, -0.2) is 61.7 Å². The summed E-state index contributed by atoms with van der Waals surface area (Å²) in [7, 11) is 1.97. The van der Waals surface area contributed by atoms with E-state index in [1.54, 1.807) is 0 Å². The molecule has 1 saturated heterocycles. The van der Waals surface area contributed by atoms with Crippen molar-refractivity contribution < 1.29 is 14.7 Å². The largest absolute Gasteiger partial charge is 0.481 e. The summed E-state index contributed by atoms with van der Waals surface area (Å²) >= 11 is 0. The number of aliphatic carboxylic acids is 1. The van der Waals surface area contributed by atoms with Gasteiger partial charge >= 0.3 is 5.97 Å². The summed E-state index contributed by atoms with van der Waals surface area (Å²) in [5.41, 5.74) is 0. The van der Waals surface area contributed by atoms with Gasteiger partial charge in [0.2, 0.25) is 5.91 Å². The molecule has 0 aromatic carbocycles. The summed E-state index contributed by atoms with van der Waals surface area (Å²) < 4.78 is 0. The van der Waals surface area contributed by atoms with Crippen molar-refractivity contribution in [1.82, 2.24) is 15.5 Å². The third-order valence-electron chi connectivity index (χ3n) is 3.46. The fraction of sp³-hybridized carbons (Fsp3) is 0.846. The zero-order valence-electron chi connectivity index (χ0n) is 11.7. The predicted octanol–water partition coefficient (Wildman–Crippen LogP) is -0.101. The minimum atomic E-state index is -0.819. The molecule has 0 aromatic rings. The zero-order chi connectivity index (χ0) is 14.1. The van der Waals surface area contributed by atoms with Crippen LogP contribution in [0.4, 0.5) is 0 Å². The van der Waals surface area contributed by atoms with E-state index in [1.165, 1.54) is 0 Å². The number of rotatable bonds is 8. The molecule has 19 heavy (non-hydrogen) atoms. The van der Waals surface area contributed by atoms with Gasteiger partial charge in [-0.05, 0) is 51.9 Å². The summed E-state index contributed by atoms with van der Waals surface area (Å²) in [6.07, 6.45) is 2.86. The first-order valence-corrected chi connectivity index (χ1v) is 6.97. The molecule has 0 radical (unpaired) electrons. The van der Waals surface area contributed by atoms with Gasteiger partial charge in [0.05, 0.1) is 6.54 Å². The van der Waals surface area contributed by atoms with Crippen molar-refractivity contribution in [2.45, 2.75) is 25.7 Å². The van der Waals surface area contributed by atoms with Gasteiger partial charge in [-0.25, -0.2) is 0 Å². The van der Waals surface area contributed by atoms with Gasteiger partial charge < -0.3 is 15.7 Å². The summed E-state index contributed by atoms with van der Waals surface area (Å²) in [5, 5.41) is 14.4. The second-order valence-corrected chi connectivity index (χ2v) is 5.12. The molecule has 0 saturated carbocycles. The van der Waals surface area contributed by atoms with Gasteiger partial charge in [-0.15, -0.1) is 0 Å². The van der Waals surface area contributed by atoms with Gasteiger partial charge in [0.1, 0.15) is 0 Å². The van der Waals surface area contributed by atoms with E-state index in [4.69, 9.17) is 5.11 Å². The van der Waals surface area contributed by atoms with E-state index in [-0.39, 0.29) is 12.3 Å². The van der Waals surface area contributed by atoms with Crippen LogP contribution in [0.25, 0.3) is 0 Å². The molecule has 1 aliphatic heterocycles. The molecular formula is C13H25N3O3. The van der Waals surface area contributed by atoms with Gasteiger partial charge in [-0.3, -0.25) is 14.5 Å². The van der Waals surface area contributed by atoms with Crippen molar-refractivity contribution in [1.29, 1.82) is 0 Å². The Balaban J connectivity index is 2.08. The number of nitrogens with zero attached hydrogens (tertiary/aromatic N) is 1. The molecule has 0 bridgehead atoms. The van der Waals surface area contributed by atoms with Crippen molar-refractivity contribution in [3.63, 3.8) is 0 Å². The number of carbonyl (C=O) groups is 2. The van der Waals surface area contributed by atoms with Crippen LogP contribution in [0.2, 0.25) is 0 Å². The van der Waals surface area contributed by atoms with E-state index < -0.39 is 5.97 Å². The van der Waals surface area contributed by atoms with Crippen molar-refractivity contribution in [2.75, 3.05) is 39.8 Å². The molecule has 0 aromatic heterocycles. The number of hydrogen-bond donors (Lipinski definition) is 3. The van der Waals surface area contributed by atoms with Crippen LogP contribution < -0.4 is 10.6 Å². The normalized spacial score (nSPS) is 17.3. The van der Waals surface area contributed by atoms with Crippen molar-refractivity contribution >= 4 is 11.9 Å². The molecular weight excluding hydrogens is 246 g/mol. The molecule has 1 rings (SSSR count). The first-order valence-electron chi connectivity index (χ1n) is 6.97. The van der Waals surface area contributed by atoms with Crippen LogP contribution in [0.1, 0.15) is 25.7 Å². The van der Waals surface area contributed by atoms with Crippen LogP contribution in [0.3, 0.4) is 0 Å². The van der Waals surface area contributed by atoms with Crippen LogP contribution in [0.15, 0.2) is 0 Å². The minimum absolute atomic E-state index is 0.00236. The highest BCUT2D eigenvalue weighted by Crippen LogP contribution is 2.15.